The molecule has 162 valence electrons. The number of anilines is 2. The summed E-state index contributed by atoms with van der Waals surface area (Å²) >= 11 is 0. The average Bonchev–Trinajstić information content (AvgIpc) is 3.09. The maximum absolute atomic E-state index is 13.3. The number of carbonyl (C=O) groups is 3. The van der Waals surface area contributed by atoms with Gasteiger partial charge in [0.2, 0.25) is 5.91 Å². The summed E-state index contributed by atoms with van der Waals surface area (Å²) in [6, 6.07) is 24.8. The molecule has 32 heavy (non-hydrogen) atoms. The molecule has 3 aromatic rings. The van der Waals surface area contributed by atoms with E-state index in [1.54, 1.807) is 24.3 Å². The molecule has 1 heterocycles. The van der Waals surface area contributed by atoms with Crippen LogP contribution in [0.2, 0.25) is 0 Å². The van der Waals surface area contributed by atoms with Gasteiger partial charge >= 0.3 is 6.03 Å². The first-order valence-electron chi connectivity index (χ1n) is 10.6. The Bertz CT molecular complexity index is 1100. The number of hydrogen-bond donors (Lipinski definition) is 1. The second kappa shape index (κ2) is 9.47. The molecular weight excluding hydrogens is 402 g/mol. The fourth-order valence-electron chi connectivity index (χ4n) is 3.83. The summed E-state index contributed by atoms with van der Waals surface area (Å²) in [6.45, 7) is 2.26. The average molecular weight is 428 g/mol. The summed E-state index contributed by atoms with van der Waals surface area (Å²) in [6.07, 6.45) is 0.537. The molecule has 0 bridgehead atoms. The van der Waals surface area contributed by atoms with Crippen LogP contribution in [0.4, 0.5) is 16.2 Å². The number of benzene rings is 3. The lowest BCUT2D eigenvalue weighted by Gasteiger charge is -2.28. The zero-order chi connectivity index (χ0) is 22.5. The molecule has 6 nitrogen and oxygen atoms in total. The second-order valence-corrected chi connectivity index (χ2v) is 7.85. The van der Waals surface area contributed by atoms with Gasteiger partial charge in [0.15, 0.2) is 0 Å². The van der Waals surface area contributed by atoms with E-state index < -0.39 is 12.1 Å². The largest absolute Gasteiger partial charge is 0.322 e. The number of nitrogens with zero attached hydrogens (tertiary/aromatic N) is 2. The highest BCUT2D eigenvalue weighted by atomic mass is 16.2. The fourth-order valence-corrected chi connectivity index (χ4v) is 3.83. The lowest BCUT2D eigenvalue weighted by Crippen LogP contribution is -2.48. The van der Waals surface area contributed by atoms with Crippen molar-refractivity contribution in [2.45, 2.75) is 25.8 Å². The molecule has 1 N–H and O–H groups in total. The van der Waals surface area contributed by atoms with Gasteiger partial charge in [-0.25, -0.2) is 9.69 Å². The molecule has 1 fully saturated rings. The van der Waals surface area contributed by atoms with Crippen LogP contribution in [0.1, 0.15) is 17.5 Å². The van der Waals surface area contributed by atoms with Crippen LogP contribution >= 0.6 is 0 Å². The lowest BCUT2D eigenvalue weighted by atomic mass is 10.1. The Morgan fingerprint density at radius 1 is 0.938 bits per heavy atom. The minimum Gasteiger partial charge on any atom is -0.312 e. The SMILES string of the molecule is Cc1ccc(N2C(=O)C[C@@H](N(CCc3ccccc3)C(=O)Nc3ccccc3)C2=O)cc1. The van der Waals surface area contributed by atoms with Crippen LogP contribution in [-0.2, 0) is 16.0 Å². The molecule has 4 rings (SSSR count). The first kappa shape index (κ1) is 21.3. The summed E-state index contributed by atoms with van der Waals surface area (Å²) in [4.78, 5) is 41.9. The predicted octanol–water partition coefficient (Wildman–Crippen LogP) is 4.40. The van der Waals surface area contributed by atoms with Gasteiger partial charge in [0, 0.05) is 12.2 Å². The topological polar surface area (TPSA) is 69.7 Å². The molecule has 3 aromatic carbocycles. The number of para-hydroxylation sites is 1. The quantitative estimate of drug-likeness (QED) is 0.593. The van der Waals surface area contributed by atoms with Crippen LogP contribution in [0, 0.1) is 6.92 Å². The normalized spacial score (nSPS) is 15.7. The molecule has 1 saturated heterocycles. The van der Waals surface area contributed by atoms with E-state index in [1.165, 1.54) is 9.80 Å². The van der Waals surface area contributed by atoms with E-state index in [1.807, 2.05) is 67.6 Å². The smallest absolute Gasteiger partial charge is 0.312 e. The molecule has 0 aliphatic carbocycles. The Balaban J connectivity index is 1.58. The van der Waals surface area contributed by atoms with E-state index >= 15 is 0 Å². The van der Waals surface area contributed by atoms with Crippen molar-refractivity contribution in [3.05, 3.63) is 96.1 Å². The first-order valence-corrected chi connectivity index (χ1v) is 10.6. The van der Waals surface area contributed by atoms with Crippen molar-refractivity contribution in [3.8, 4) is 0 Å². The number of hydrogen-bond acceptors (Lipinski definition) is 3. The van der Waals surface area contributed by atoms with Crippen molar-refractivity contribution >= 4 is 29.2 Å². The summed E-state index contributed by atoms with van der Waals surface area (Å²) < 4.78 is 0. The molecule has 0 saturated carbocycles. The van der Waals surface area contributed by atoms with Crippen molar-refractivity contribution < 1.29 is 14.4 Å². The molecule has 0 unspecified atom stereocenters. The number of nitrogens with one attached hydrogen (secondary N) is 1. The van der Waals surface area contributed by atoms with Crippen molar-refractivity contribution in [2.75, 3.05) is 16.8 Å². The van der Waals surface area contributed by atoms with Gasteiger partial charge in [-0.15, -0.1) is 0 Å². The first-order chi connectivity index (χ1) is 15.5. The number of aryl methyl sites for hydroxylation is 1. The van der Waals surface area contributed by atoms with Crippen LogP contribution in [0.25, 0.3) is 0 Å². The van der Waals surface area contributed by atoms with Crippen molar-refractivity contribution in [3.63, 3.8) is 0 Å². The summed E-state index contributed by atoms with van der Waals surface area (Å²) in [5, 5.41) is 2.86. The van der Waals surface area contributed by atoms with Gasteiger partial charge in [0.05, 0.1) is 12.1 Å². The third-order valence-electron chi connectivity index (χ3n) is 5.56. The fraction of sp³-hybridized carbons (Fsp3) is 0.192. The highest BCUT2D eigenvalue weighted by Crippen LogP contribution is 2.27. The van der Waals surface area contributed by atoms with Crippen molar-refractivity contribution in [2.24, 2.45) is 0 Å². The van der Waals surface area contributed by atoms with E-state index in [0.717, 1.165) is 11.1 Å². The molecule has 1 aliphatic rings. The monoisotopic (exact) mass is 427 g/mol. The van der Waals surface area contributed by atoms with Gasteiger partial charge in [-0.3, -0.25) is 9.59 Å². The van der Waals surface area contributed by atoms with Gasteiger partial charge in [-0.2, -0.15) is 0 Å². The molecule has 0 aromatic heterocycles. The summed E-state index contributed by atoms with van der Waals surface area (Å²) in [5.74, 6) is -0.684. The maximum atomic E-state index is 13.3. The minimum atomic E-state index is -0.851. The van der Waals surface area contributed by atoms with Crippen LogP contribution in [0.3, 0.4) is 0 Å². The number of rotatable bonds is 6. The van der Waals surface area contributed by atoms with Gasteiger partial charge in [-0.1, -0.05) is 66.2 Å². The Morgan fingerprint density at radius 2 is 1.56 bits per heavy atom. The number of amides is 4. The van der Waals surface area contributed by atoms with E-state index in [0.29, 0.717) is 24.3 Å². The maximum Gasteiger partial charge on any atom is 0.322 e. The third kappa shape index (κ3) is 4.70. The van der Waals surface area contributed by atoms with E-state index in [-0.39, 0.29) is 18.2 Å². The Labute approximate surface area is 187 Å². The second-order valence-electron chi connectivity index (χ2n) is 7.85. The Kier molecular flexibility index (Phi) is 6.31. The van der Waals surface area contributed by atoms with Crippen LogP contribution in [-0.4, -0.2) is 35.3 Å². The number of carbonyl (C=O) groups excluding carboxylic acids is 3. The molecule has 6 heteroatoms. The highest BCUT2D eigenvalue weighted by Gasteiger charge is 2.44. The molecule has 1 atom stereocenters. The molecule has 0 spiro atoms. The Hall–Kier alpha value is -3.93. The van der Waals surface area contributed by atoms with Crippen LogP contribution in [0.15, 0.2) is 84.9 Å². The zero-order valence-electron chi connectivity index (χ0n) is 17.9. The van der Waals surface area contributed by atoms with Crippen molar-refractivity contribution in [1.82, 2.24) is 4.90 Å². The van der Waals surface area contributed by atoms with Crippen molar-refractivity contribution in [1.29, 1.82) is 0 Å². The third-order valence-corrected chi connectivity index (χ3v) is 5.56. The van der Waals surface area contributed by atoms with Crippen LogP contribution in [0.5, 0.6) is 0 Å². The number of imide groups is 1. The summed E-state index contributed by atoms with van der Waals surface area (Å²) in [7, 11) is 0. The zero-order valence-corrected chi connectivity index (χ0v) is 17.9. The van der Waals surface area contributed by atoms with Gasteiger partial charge in [0.1, 0.15) is 6.04 Å². The standard InChI is InChI=1S/C26H25N3O3/c1-19-12-14-22(15-13-19)29-24(30)18-23(25(29)31)28(17-16-20-8-4-2-5-9-20)26(32)27-21-10-6-3-7-11-21/h2-15,23H,16-18H2,1H3,(H,27,32)/t23-/m1/s1. The van der Waals surface area contributed by atoms with E-state index in [9.17, 15) is 14.4 Å². The molecule has 4 amide bonds. The van der Waals surface area contributed by atoms with E-state index in [2.05, 4.69) is 5.32 Å². The minimum absolute atomic E-state index is 0.0380. The Morgan fingerprint density at radius 3 is 2.22 bits per heavy atom. The summed E-state index contributed by atoms with van der Waals surface area (Å²) in [5.41, 5.74) is 3.25. The van der Waals surface area contributed by atoms with Gasteiger partial charge < -0.3 is 10.2 Å². The van der Waals surface area contributed by atoms with Crippen LogP contribution < -0.4 is 10.2 Å². The molecule has 1 aliphatic heterocycles. The van der Waals surface area contributed by atoms with Gasteiger partial charge in [0.25, 0.3) is 5.91 Å². The predicted molar refractivity (Wildman–Crippen MR) is 124 cm³/mol. The molecular formula is C26H25N3O3. The van der Waals surface area contributed by atoms with E-state index in [4.69, 9.17) is 0 Å². The van der Waals surface area contributed by atoms with Gasteiger partial charge in [-0.05, 0) is 43.2 Å². The lowest BCUT2D eigenvalue weighted by molar-refractivity contribution is -0.122. The number of urea groups is 1. The highest BCUT2D eigenvalue weighted by molar-refractivity contribution is 6.23. The molecule has 0 radical (unpaired) electrons.